The Kier molecular flexibility index (Phi) is 5.32. The van der Waals surface area contributed by atoms with Crippen LogP contribution in [0.1, 0.15) is 49.3 Å². The Morgan fingerprint density at radius 2 is 1.93 bits per heavy atom. The number of nitrogens with zero attached hydrogens (tertiary/aromatic N) is 4. The minimum absolute atomic E-state index is 0.221. The lowest BCUT2D eigenvalue weighted by Crippen LogP contribution is -2.44. The molecular weight excluding hydrogens is 368 g/mol. The maximum atomic E-state index is 12.9. The number of amides is 1. The number of thioether (sulfide) groups is 1. The van der Waals surface area contributed by atoms with E-state index in [0.29, 0.717) is 11.8 Å². The third kappa shape index (κ3) is 3.28. The van der Waals surface area contributed by atoms with Crippen LogP contribution in [0.4, 0.5) is 0 Å². The molecule has 28 heavy (non-hydrogen) atoms. The molecule has 5 nitrogen and oxygen atoms in total. The number of hydrogen-bond donors (Lipinski definition) is 0. The number of carbonyl (C=O) groups excluding carboxylic acids is 1. The second-order valence-electron chi connectivity index (χ2n) is 7.86. The molecule has 0 spiro atoms. The SMILES string of the molecule is CC[C@@H]1CCCCN1C(=O)CSc1nnc2c(C)cc3c(C)ccc(C)c3n12. The molecule has 1 aliphatic heterocycles. The van der Waals surface area contributed by atoms with Crippen LogP contribution in [-0.4, -0.2) is 43.7 Å². The van der Waals surface area contributed by atoms with Gasteiger partial charge in [0.15, 0.2) is 10.8 Å². The fourth-order valence-corrected chi connectivity index (χ4v) is 5.18. The predicted molar refractivity (Wildman–Crippen MR) is 115 cm³/mol. The third-order valence-electron chi connectivity index (χ3n) is 5.95. The molecular formula is C22H28N4OS. The summed E-state index contributed by atoms with van der Waals surface area (Å²) in [5.41, 5.74) is 5.56. The summed E-state index contributed by atoms with van der Waals surface area (Å²) < 4.78 is 2.14. The van der Waals surface area contributed by atoms with Gasteiger partial charge in [-0.1, -0.05) is 30.8 Å². The monoisotopic (exact) mass is 396 g/mol. The Bertz CT molecular complexity index is 1040. The maximum absolute atomic E-state index is 12.9. The lowest BCUT2D eigenvalue weighted by Gasteiger charge is -2.35. The number of rotatable bonds is 4. The van der Waals surface area contributed by atoms with Crippen molar-refractivity contribution in [3.63, 3.8) is 0 Å². The highest BCUT2D eigenvalue weighted by atomic mass is 32.2. The van der Waals surface area contributed by atoms with Crippen molar-refractivity contribution in [2.45, 2.75) is 64.6 Å². The van der Waals surface area contributed by atoms with Crippen LogP contribution in [0, 0.1) is 20.8 Å². The van der Waals surface area contributed by atoms with Crippen LogP contribution in [0.2, 0.25) is 0 Å². The summed E-state index contributed by atoms with van der Waals surface area (Å²) in [5, 5.41) is 10.9. The zero-order valence-electron chi connectivity index (χ0n) is 17.2. The van der Waals surface area contributed by atoms with Gasteiger partial charge in [0.2, 0.25) is 5.91 Å². The fraction of sp³-hybridized carbons (Fsp3) is 0.500. The van der Waals surface area contributed by atoms with Crippen molar-refractivity contribution in [3.05, 3.63) is 34.9 Å². The average molecular weight is 397 g/mol. The smallest absolute Gasteiger partial charge is 0.233 e. The van der Waals surface area contributed by atoms with Gasteiger partial charge in [-0.3, -0.25) is 9.20 Å². The summed E-state index contributed by atoms with van der Waals surface area (Å²) in [5.74, 6) is 0.635. The van der Waals surface area contributed by atoms with E-state index >= 15 is 0 Å². The topological polar surface area (TPSA) is 50.5 Å². The first-order valence-electron chi connectivity index (χ1n) is 10.2. The van der Waals surface area contributed by atoms with Gasteiger partial charge in [0.25, 0.3) is 0 Å². The molecule has 1 fully saturated rings. The van der Waals surface area contributed by atoms with Crippen LogP contribution in [-0.2, 0) is 4.79 Å². The molecule has 0 aliphatic carbocycles. The largest absolute Gasteiger partial charge is 0.339 e. The van der Waals surface area contributed by atoms with Crippen LogP contribution in [0.15, 0.2) is 23.4 Å². The van der Waals surface area contributed by atoms with Crippen LogP contribution < -0.4 is 0 Å². The molecule has 0 N–H and O–H groups in total. The zero-order valence-corrected chi connectivity index (χ0v) is 18.0. The van der Waals surface area contributed by atoms with Crippen LogP contribution in [0.5, 0.6) is 0 Å². The molecule has 2 aromatic heterocycles. The highest BCUT2D eigenvalue weighted by Gasteiger charge is 2.26. The maximum Gasteiger partial charge on any atom is 0.233 e. The molecule has 6 heteroatoms. The van der Waals surface area contributed by atoms with Gasteiger partial charge in [-0.05, 0) is 69.2 Å². The molecule has 0 saturated carbocycles. The highest BCUT2D eigenvalue weighted by Crippen LogP contribution is 2.30. The number of aryl methyl sites for hydroxylation is 3. The lowest BCUT2D eigenvalue weighted by molar-refractivity contribution is -0.132. The number of likely N-dealkylation sites (tertiary alicyclic amines) is 1. The van der Waals surface area contributed by atoms with Gasteiger partial charge in [-0.2, -0.15) is 0 Å². The van der Waals surface area contributed by atoms with E-state index in [1.165, 1.54) is 34.7 Å². The predicted octanol–water partition coefficient (Wildman–Crippen LogP) is 4.69. The molecule has 1 saturated heterocycles. The van der Waals surface area contributed by atoms with Gasteiger partial charge in [-0.15, -0.1) is 10.2 Å². The molecule has 0 radical (unpaired) electrons. The standard InChI is InChI=1S/C22H28N4OS/c1-5-17-8-6-7-11-25(17)19(27)13-28-22-24-23-21-16(4)12-18-14(2)9-10-15(3)20(18)26(21)22/h9-10,12,17H,5-8,11,13H2,1-4H3/t17-/m1/s1. The van der Waals surface area contributed by atoms with Crippen molar-refractivity contribution in [1.82, 2.24) is 19.5 Å². The van der Waals surface area contributed by atoms with Gasteiger partial charge in [0.05, 0.1) is 11.3 Å². The Morgan fingerprint density at radius 3 is 2.71 bits per heavy atom. The zero-order chi connectivity index (χ0) is 19.8. The molecule has 1 aliphatic rings. The highest BCUT2D eigenvalue weighted by molar-refractivity contribution is 7.99. The average Bonchev–Trinajstić information content (AvgIpc) is 3.13. The van der Waals surface area contributed by atoms with E-state index in [1.807, 2.05) is 0 Å². The van der Waals surface area contributed by atoms with Crippen molar-refractivity contribution in [2.75, 3.05) is 12.3 Å². The summed E-state index contributed by atoms with van der Waals surface area (Å²) in [4.78, 5) is 15.0. The van der Waals surface area contributed by atoms with Crippen molar-refractivity contribution in [2.24, 2.45) is 0 Å². The fourth-order valence-electron chi connectivity index (χ4n) is 4.36. The Balaban J connectivity index is 1.68. The Labute approximate surface area is 170 Å². The summed E-state index contributed by atoms with van der Waals surface area (Å²) in [6.45, 7) is 9.39. The first-order valence-corrected chi connectivity index (χ1v) is 11.2. The number of aromatic nitrogens is 3. The molecule has 148 valence electrons. The first kappa shape index (κ1) is 19.2. The van der Waals surface area contributed by atoms with Crippen LogP contribution >= 0.6 is 11.8 Å². The molecule has 1 amide bonds. The molecule has 0 bridgehead atoms. The second-order valence-corrected chi connectivity index (χ2v) is 8.81. The molecule has 3 heterocycles. The summed E-state index contributed by atoms with van der Waals surface area (Å²) in [7, 11) is 0. The second kappa shape index (κ2) is 7.74. The Hall–Kier alpha value is -2.08. The quantitative estimate of drug-likeness (QED) is 0.600. The van der Waals surface area contributed by atoms with E-state index in [1.54, 1.807) is 0 Å². The van der Waals surface area contributed by atoms with Gasteiger partial charge >= 0.3 is 0 Å². The van der Waals surface area contributed by atoms with E-state index in [0.717, 1.165) is 47.7 Å². The van der Waals surface area contributed by atoms with Crippen molar-refractivity contribution in [1.29, 1.82) is 0 Å². The molecule has 1 aromatic carbocycles. The van der Waals surface area contributed by atoms with E-state index in [2.05, 4.69) is 65.4 Å². The van der Waals surface area contributed by atoms with Crippen molar-refractivity contribution in [3.8, 4) is 0 Å². The van der Waals surface area contributed by atoms with E-state index in [-0.39, 0.29) is 5.91 Å². The van der Waals surface area contributed by atoms with Crippen LogP contribution in [0.3, 0.4) is 0 Å². The van der Waals surface area contributed by atoms with E-state index in [9.17, 15) is 4.79 Å². The van der Waals surface area contributed by atoms with Crippen molar-refractivity contribution >= 4 is 34.2 Å². The number of piperidine rings is 1. The van der Waals surface area contributed by atoms with E-state index < -0.39 is 0 Å². The number of benzene rings is 1. The molecule has 4 rings (SSSR count). The van der Waals surface area contributed by atoms with Gasteiger partial charge in [-0.25, -0.2) is 0 Å². The molecule has 0 unspecified atom stereocenters. The van der Waals surface area contributed by atoms with Crippen LogP contribution in [0.25, 0.3) is 16.6 Å². The first-order chi connectivity index (χ1) is 13.5. The molecule has 3 aromatic rings. The van der Waals surface area contributed by atoms with Gasteiger partial charge in [0, 0.05) is 18.0 Å². The third-order valence-corrected chi connectivity index (χ3v) is 6.86. The Morgan fingerprint density at radius 1 is 1.14 bits per heavy atom. The minimum Gasteiger partial charge on any atom is -0.339 e. The summed E-state index contributed by atoms with van der Waals surface area (Å²) >= 11 is 1.51. The number of pyridine rings is 1. The summed E-state index contributed by atoms with van der Waals surface area (Å²) in [6.07, 6.45) is 4.51. The van der Waals surface area contributed by atoms with Gasteiger partial charge < -0.3 is 4.90 Å². The van der Waals surface area contributed by atoms with Gasteiger partial charge in [0.1, 0.15) is 0 Å². The number of carbonyl (C=O) groups is 1. The molecule has 1 atom stereocenters. The normalized spacial score (nSPS) is 17.6. The minimum atomic E-state index is 0.221. The van der Waals surface area contributed by atoms with Crippen molar-refractivity contribution < 1.29 is 4.79 Å². The number of fused-ring (bicyclic) bond motifs is 3. The number of hydrogen-bond acceptors (Lipinski definition) is 4. The van der Waals surface area contributed by atoms with E-state index in [4.69, 9.17) is 0 Å². The summed E-state index contributed by atoms with van der Waals surface area (Å²) in [6, 6.07) is 6.89. The lowest BCUT2D eigenvalue weighted by atomic mass is 10.0.